The summed E-state index contributed by atoms with van der Waals surface area (Å²) < 4.78 is 0. The molecule has 1 saturated heterocycles. The predicted octanol–water partition coefficient (Wildman–Crippen LogP) is 2.73. The fourth-order valence-electron chi connectivity index (χ4n) is 3.69. The minimum Gasteiger partial charge on any atom is -0.392 e. The molecule has 1 unspecified atom stereocenters. The van der Waals surface area contributed by atoms with Crippen LogP contribution >= 0.6 is 12.2 Å². The largest absolute Gasteiger partial charge is 0.392 e. The fraction of sp³-hybridized carbons (Fsp3) is 0.867. The van der Waals surface area contributed by atoms with Gasteiger partial charge in [-0.25, -0.2) is 0 Å². The lowest BCUT2D eigenvalue weighted by Gasteiger charge is -2.46. The van der Waals surface area contributed by atoms with E-state index in [1.54, 1.807) is 0 Å². The minimum atomic E-state index is -0.513. The monoisotopic (exact) mass is 282 g/mol. The van der Waals surface area contributed by atoms with Crippen molar-refractivity contribution in [3.63, 3.8) is 0 Å². The molecule has 0 aromatic rings. The summed E-state index contributed by atoms with van der Waals surface area (Å²) in [5, 5.41) is 0. The smallest absolute Gasteiger partial charge is 0.235 e. The summed E-state index contributed by atoms with van der Waals surface area (Å²) in [6.45, 7) is 6.18. The Morgan fingerprint density at radius 2 is 2.05 bits per heavy atom. The van der Waals surface area contributed by atoms with Gasteiger partial charge in [-0.1, -0.05) is 32.5 Å². The van der Waals surface area contributed by atoms with Gasteiger partial charge in [-0.15, -0.1) is 0 Å². The second kappa shape index (κ2) is 5.78. The molecule has 1 amide bonds. The quantitative estimate of drug-likeness (QED) is 0.810. The topological polar surface area (TPSA) is 46.3 Å². The Labute approximate surface area is 121 Å². The number of hydrogen-bond acceptors (Lipinski definition) is 2. The van der Waals surface area contributed by atoms with Crippen LogP contribution in [0.1, 0.15) is 52.4 Å². The van der Waals surface area contributed by atoms with Crippen molar-refractivity contribution in [3.8, 4) is 0 Å². The Bertz CT molecular complexity index is 363. The number of nitrogens with zero attached hydrogens (tertiary/aromatic N) is 1. The van der Waals surface area contributed by atoms with Gasteiger partial charge in [-0.2, -0.15) is 0 Å². The summed E-state index contributed by atoms with van der Waals surface area (Å²) in [5.41, 5.74) is 5.37. The lowest BCUT2D eigenvalue weighted by atomic mass is 9.61. The molecule has 0 aromatic carbocycles. The zero-order valence-electron chi connectivity index (χ0n) is 12.2. The Kier molecular flexibility index (Phi) is 4.49. The van der Waals surface area contributed by atoms with Crippen molar-refractivity contribution in [2.75, 3.05) is 13.1 Å². The summed E-state index contributed by atoms with van der Waals surface area (Å²) in [5.74, 6) is 1.55. The molecule has 108 valence electrons. The predicted molar refractivity (Wildman–Crippen MR) is 81.8 cm³/mol. The first kappa shape index (κ1) is 14.8. The van der Waals surface area contributed by atoms with E-state index in [1.165, 1.54) is 12.8 Å². The average Bonchev–Trinajstić information content (AvgIpc) is 2.58. The summed E-state index contributed by atoms with van der Waals surface area (Å²) in [6, 6.07) is 0. The van der Waals surface area contributed by atoms with Gasteiger partial charge in [0, 0.05) is 13.1 Å². The summed E-state index contributed by atoms with van der Waals surface area (Å²) >= 11 is 5.19. The lowest BCUT2D eigenvalue weighted by molar-refractivity contribution is -0.144. The van der Waals surface area contributed by atoms with Gasteiger partial charge in [0.15, 0.2) is 0 Å². The molecule has 0 spiro atoms. The highest BCUT2D eigenvalue weighted by atomic mass is 32.1. The number of carbonyl (C=O) groups excluding carboxylic acids is 1. The second-order valence-corrected chi connectivity index (χ2v) is 6.90. The summed E-state index contributed by atoms with van der Waals surface area (Å²) in [7, 11) is 0. The summed E-state index contributed by atoms with van der Waals surface area (Å²) in [6.07, 6.45) is 6.40. The number of hydrogen-bond donors (Lipinski definition) is 1. The molecule has 1 heterocycles. The van der Waals surface area contributed by atoms with E-state index in [9.17, 15) is 4.79 Å². The van der Waals surface area contributed by atoms with Crippen LogP contribution in [-0.2, 0) is 4.79 Å². The van der Waals surface area contributed by atoms with Crippen LogP contribution < -0.4 is 5.73 Å². The van der Waals surface area contributed by atoms with E-state index in [4.69, 9.17) is 18.0 Å². The maximum atomic E-state index is 12.8. The van der Waals surface area contributed by atoms with Crippen molar-refractivity contribution in [1.29, 1.82) is 0 Å². The Morgan fingerprint density at radius 3 is 2.58 bits per heavy atom. The zero-order valence-corrected chi connectivity index (χ0v) is 13.0. The van der Waals surface area contributed by atoms with Crippen LogP contribution in [0, 0.1) is 17.3 Å². The Balaban J connectivity index is 2.04. The first-order valence-corrected chi connectivity index (χ1v) is 7.99. The first-order chi connectivity index (χ1) is 8.99. The third-order valence-electron chi connectivity index (χ3n) is 4.99. The van der Waals surface area contributed by atoms with Gasteiger partial charge in [0.1, 0.15) is 0 Å². The van der Waals surface area contributed by atoms with Gasteiger partial charge >= 0.3 is 0 Å². The van der Waals surface area contributed by atoms with Crippen LogP contribution in [0.25, 0.3) is 0 Å². The first-order valence-electron chi connectivity index (χ1n) is 7.59. The molecule has 1 saturated carbocycles. The van der Waals surface area contributed by atoms with Crippen molar-refractivity contribution in [3.05, 3.63) is 0 Å². The molecule has 2 fully saturated rings. The standard InChI is InChI=1S/C15H26N2OS/c1-3-12-5-4-7-17(8-6-12)14(18)15(13(16)19)9-11(2)10-15/h11-12H,3-10H2,1-2H3,(H2,16,19). The molecule has 1 aliphatic carbocycles. The molecule has 0 aromatic heterocycles. The molecule has 2 N–H and O–H groups in total. The molecule has 1 atom stereocenters. The van der Waals surface area contributed by atoms with Crippen molar-refractivity contribution in [1.82, 2.24) is 4.90 Å². The van der Waals surface area contributed by atoms with E-state index in [-0.39, 0.29) is 5.91 Å². The normalized spacial score (nSPS) is 35.4. The number of thiocarbonyl (C=S) groups is 1. The molecule has 19 heavy (non-hydrogen) atoms. The fourth-order valence-corrected chi connectivity index (χ4v) is 3.94. The van der Waals surface area contributed by atoms with Crippen LogP contribution in [-0.4, -0.2) is 28.9 Å². The van der Waals surface area contributed by atoms with Gasteiger partial charge < -0.3 is 10.6 Å². The molecule has 4 heteroatoms. The van der Waals surface area contributed by atoms with Gasteiger partial charge in [0.05, 0.1) is 10.4 Å². The number of amides is 1. The zero-order chi connectivity index (χ0) is 14.0. The van der Waals surface area contributed by atoms with E-state index in [0.717, 1.165) is 44.7 Å². The average molecular weight is 282 g/mol. The molecule has 2 rings (SSSR count). The van der Waals surface area contributed by atoms with Crippen LogP contribution in [0.3, 0.4) is 0 Å². The van der Waals surface area contributed by atoms with Crippen LogP contribution in [0.2, 0.25) is 0 Å². The minimum absolute atomic E-state index is 0.204. The van der Waals surface area contributed by atoms with E-state index < -0.39 is 5.41 Å². The highest BCUT2D eigenvalue weighted by molar-refractivity contribution is 7.80. The van der Waals surface area contributed by atoms with Crippen LogP contribution in [0.5, 0.6) is 0 Å². The lowest BCUT2D eigenvalue weighted by Crippen LogP contribution is -2.57. The van der Waals surface area contributed by atoms with Crippen molar-refractivity contribution >= 4 is 23.1 Å². The molecule has 2 aliphatic rings. The van der Waals surface area contributed by atoms with Gasteiger partial charge in [0.25, 0.3) is 0 Å². The van der Waals surface area contributed by atoms with E-state index >= 15 is 0 Å². The van der Waals surface area contributed by atoms with E-state index in [0.29, 0.717) is 10.9 Å². The maximum absolute atomic E-state index is 12.8. The Hall–Kier alpha value is -0.640. The third kappa shape index (κ3) is 2.78. The third-order valence-corrected chi connectivity index (χ3v) is 5.38. The summed E-state index contributed by atoms with van der Waals surface area (Å²) in [4.78, 5) is 15.2. The molecule has 3 nitrogen and oxygen atoms in total. The molecule has 1 aliphatic heterocycles. The van der Waals surface area contributed by atoms with Gasteiger partial charge in [-0.05, 0) is 43.9 Å². The van der Waals surface area contributed by atoms with Crippen molar-refractivity contribution < 1.29 is 4.79 Å². The van der Waals surface area contributed by atoms with Gasteiger partial charge in [-0.3, -0.25) is 4.79 Å². The molecular weight excluding hydrogens is 256 g/mol. The highest BCUT2D eigenvalue weighted by Gasteiger charge is 2.52. The number of nitrogens with two attached hydrogens (primary N) is 1. The van der Waals surface area contributed by atoms with E-state index in [2.05, 4.69) is 13.8 Å². The van der Waals surface area contributed by atoms with E-state index in [1.807, 2.05) is 4.90 Å². The molecule has 0 radical (unpaired) electrons. The number of likely N-dealkylation sites (tertiary alicyclic amines) is 1. The maximum Gasteiger partial charge on any atom is 0.235 e. The second-order valence-electron chi connectivity index (χ2n) is 6.46. The van der Waals surface area contributed by atoms with Gasteiger partial charge in [0.2, 0.25) is 5.91 Å². The molecular formula is C15H26N2OS. The Morgan fingerprint density at radius 1 is 1.37 bits per heavy atom. The van der Waals surface area contributed by atoms with Crippen LogP contribution in [0.4, 0.5) is 0 Å². The van der Waals surface area contributed by atoms with Crippen LogP contribution in [0.15, 0.2) is 0 Å². The van der Waals surface area contributed by atoms with Crippen molar-refractivity contribution in [2.24, 2.45) is 23.0 Å². The highest BCUT2D eigenvalue weighted by Crippen LogP contribution is 2.47. The number of carbonyl (C=O) groups is 1. The van der Waals surface area contributed by atoms with Crippen molar-refractivity contribution in [2.45, 2.75) is 52.4 Å². The number of rotatable bonds is 3. The SMILES string of the molecule is CCC1CCCN(C(=O)C2(C(N)=S)CC(C)C2)CC1. The molecule has 0 bridgehead atoms.